The van der Waals surface area contributed by atoms with E-state index in [2.05, 4.69) is 10.9 Å². The summed E-state index contributed by atoms with van der Waals surface area (Å²) in [5.41, 5.74) is 6.85. The summed E-state index contributed by atoms with van der Waals surface area (Å²) in [4.78, 5) is 26.2. The number of aryl methyl sites for hydroxylation is 1. The van der Waals surface area contributed by atoms with Crippen LogP contribution in [0.2, 0.25) is 5.02 Å². The number of nitrogens with one attached hydrogen (secondary N) is 2. The van der Waals surface area contributed by atoms with Crippen molar-refractivity contribution < 1.29 is 18.0 Å². The van der Waals surface area contributed by atoms with Crippen molar-refractivity contribution in [3.05, 3.63) is 59.1 Å². The van der Waals surface area contributed by atoms with E-state index in [0.717, 1.165) is 25.1 Å². The topological polar surface area (TPSA) is 95.6 Å². The number of sulfone groups is 1. The maximum Gasteiger partial charge on any atom is 0.257 e. The van der Waals surface area contributed by atoms with Gasteiger partial charge in [0.05, 0.1) is 17.2 Å². The zero-order valence-electron chi connectivity index (χ0n) is 15.7. The third kappa shape index (κ3) is 5.71. The molecule has 1 aliphatic rings. The molecular weight excluding hydrogens is 414 g/mol. The molecule has 0 atom stereocenters. The van der Waals surface area contributed by atoms with Crippen LogP contribution in [-0.4, -0.2) is 39.1 Å². The standard InChI is InChI=1S/C20H22ClN3O4S/c21-16-7-9-17(10-8-16)29(27,28)13-11-19(25)22-23-20(26)14-24-12-3-5-15-4-1-2-6-18(15)24/h1-2,4,6-10H,3,5,11-14H2,(H,22,25)(H,23,26). The lowest BCUT2D eigenvalue weighted by atomic mass is 10.0. The van der Waals surface area contributed by atoms with E-state index >= 15 is 0 Å². The molecule has 0 aromatic heterocycles. The van der Waals surface area contributed by atoms with Crippen LogP contribution in [0.3, 0.4) is 0 Å². The number of anilines is 1. The minimum Gasteiger partial charge on any atom is -0.362 e. The summed E-state index contributed by atoms with van der Waals surface area (Å²) in [6.07, 6.45) is 1.67. The van der Waals surface area contributed by atoms with Crippen LogP contribution < -0.4 is 15.8 Å². The molecule has 0 unspecified atom stereocenters. The number of para-hydroxylation sites is 1. The SMILES string of the molecule is O=C(CCS(=O)(=O)c1ccc(Cl)cc1)NNC(=O)CN1CCCc2ccccc21. The molecule has 0 radical (unpaired) electrons. The molecule has 2 N–H and O–H groups in total. The first-order chi connectivity index (χ1) is 13.8. The summed E-state index contributed by atoms with van der Waals surface area (Å²) in [6.45, 7) is 0.873. The Morgan fingerprint density at radius 2 is 1.69 bits per heavy atom. The number of nitrogens with zero attached hydrogens (tertiary/aromatic N) is 1. The summed E-state index contributed by atoms with van der Waals surface area (Å²) in [5, 5.41) is 0.431. The average molecular weight is 436 g/mol. The molecule has 1 aliphatic heterocycles. The second-order valence-electron chi connectivity index (χ2n) is 6.77. The second-order valence-corrected chi connectivity index (χ2v) is 9.32. The molecule has 2 amide bonds. The summed E-state index contributed by atoms with van der Waals surface area (Å²) in [5.74, 6) is -1.30. The largest absolute Gasteiger partial charge is 0.362 e. The van der Waals surface area contributed by atoms with Gasteiger partial charge in [-0.3, -0.25) is 20.4 Å². The van der Waals surface area contributed by atoms with Crippen molar-refractivity contribution in [2.45, 2.75) is 24.2 Å². The van der Waals surface area contributed by atoms with Gasteiger partial charge >= 0.3 is 0 Å². The molecule has 0 saturated carbocycles. The van der Waals surface area contributed by atoms with Gasteiger partial charge in [0.1, 0.15) is 0 Å². The van der Waals surface area contributed by atoms with Gasteiger partial charge in [-0.25, -0.2) is 8.42 Å². The van der Waals surface area contributed by atoms with Crippen LogP contribution in [0.25, 0.3) is 0 Å². The molecule has 0 aliphatic carbocycles. The Labute approximate surface area is 174 Å². The molecular formula is C20H22ClN3O4S. The van der Waals surface area contributed by atoms with Crippen LogP contribution in [-0.2, 0) is 25.8 Å². The molecule has 29 heavy (non-hydrogen) atoms. The molecule has 3 rings (SSSR count). The number of hydrazine groups is 1. The van der Waals surface area contributed by atoms with Gasteiger partial charge in [0.25, 0.3) is 5.91 Å². The van der Waals surface area contributed by atoms with Crippen molar-refractivity contribution in [2.75, 3.05) is 23.7 Å². The van der Waals surface area contributed by atoms with E-state index in [-0.39, 0.29) is 29.5 Å². The van der Waals surface area contributed by atoms with E-state index in [1.807, 2.05) is 29.2 Å². The van der Waals surface area contributed by atoms with E-state index in [9.17, 15) is 18.0 Å². The Kier molecular flexibility index (Phi) is 6.76. The van der Waals surface area contributed by atoms with Crippen LogP contribution in [0, 0.1) is 0 Å². The third-order valence-corrected chi connectivity index (χ3v) is 6.64. The maximum atomic E-state index is 12.2. The van der Waals surface area contributed by atoms with Crippen LogP contribution in [0.4, 0.5) is 5.69 Å². The van der Waals surface area contributed by atoms with Gasteiger partial charge in [-0.05, 0) is 48.7 Å². The van der Waals surface area contributed by atoms with Gasteiger partial charge in [-0.2, -0.15) is 0 Å². The van der Waals surface area contributed by atoms with E-state index in [1.165, 1.54) is 29.8 Å². The number of fused-ring (bicyclic) bond motifs is 1. The lowest BCUT2D eigenvalue weighted by Gasteiger charge is -2.30. The number of amides is 2. The zero-order valence-corrected chi connectivity index (χ0v) is 17.3. The quantitative estimate of drug-likeness (QED) is 0.677. The highest BCUT2D eigenvalue weighted by Gasteiger charge is 2.20. The Bertz CT molecular complexity index is 993. The van der Waals surface area contributed by atoms with Crippen molar-refractivity contribution in [1.29, 1.82) is 0 Å². The Morgan fingerprint density at radius 1 is 1.00 bits per heavy atom. The summed E-state index contributed by atoms with van der Waals surface area (Å²) in [7, 11) is -3.61. The monoisotopic (exact) mass is 435 g/mol. The highest BCUT2D eigenvalue weighted by atomic mass is 35.5. The van der Waals surface area contributed by atoms with Crippen LogP contribution in [0.15, 0.2) is 53.4 Å². The smallest absolute Gasteiger partial charge is 0.257 e. The maximum absolute atomic E-state index is 12.2. The van der Waals surface area contributed by atoms with Gasteiger partial charge in [-0.1, -0.05) is 29.8 Å². The Morgan fingerprint density at radius 3 is 2.45 bits per heavy atom. The summed E-state index contributed by atoms with van der Waals surface area (Å²) in [6, 6.07) is 13.7. The predicted molar refractivity (Wildman–Crippen MR) is 111 cm³/mol. The number of carbonyl (C=O) groups is 2. The van der Waals surface area contributed by atoms with Crippen LogP contribution >= 0.6 is 11.6 Å². The van der Waals surface area contributed by atoms with Gasteiger partial charge in [0, 0.05) is 23.7 Å². The van der Waals surface area contributed by atoms with Gasteiger partial charge in [0.2, 0.25) is 5.91 Å². The number of hydrogen-bond acceptors (Lipinski definition) is 5. The molecule has 1 heterocycles. The number of hydrogen-bond donors (Lipinski definition) is 2. The Balaban J connectivity index is 1.46. The lowest BCUT2D eigenvalue weighted by molar-refractivity contribution is -0.128. The Hall–Kier alpha value is -2.58. The number of rotatable bonds is 6. The molecule has 2 aromatic rings. The molecule has 7 nitrogen and oxygen atoms in total. The molecule has 0 spiro atoms. The molecule has 0 saturated heterocycles. The van der Waals surface area contributed by atoms with Crippen molar-refractivity contribution in [2.24, 2.45) is 0 Å². The van der Waals surface area contributed by atoms with Crippen molar-refractivity contribution in [3.8, 4) is 0 Å². The van der Waals surface area contributed by atoms with Gasteiger partial charge in [0.15, 0.2) is 9.84 Å². The highest BCUT2D eigenvalue weighted by Crippen LogP contribution is 2.26. The van der Waals surface area contributed by atoms with Crippen molar-refractivity contribution in [3.63, 3.8) is 0 Å². The van der Waals surface area contributed by atoms with E-state index < -0.39 is 15.7 Å². The third-order valence-electron chi connectivity index (χ3n) is 4.65. The highest BCUT2D eigenvalue weighted by molar-refractivity contribution is 7.91. The second kappa shape index (κ2) is 9.28. The van der Waals surface area contributed by atoms with Crippen molar-refractivity contribution >= 4 is 38.9 Å². The fourth-order valence-electron chi connectivity index (χ4n) is 3.18. The minimum atomic E-state index is -3.61. The molecule has 0 fully saturated rings. The van der Waals surface area contributed by atoms with Crippen molar-refractivity contribution in [1.82, 2.24) is 10.9 Å². The molecule has 2 aromatic carbocycles. The van der Waals surface area contributed by atoms with E-state index in [1.54, 1.807) is 0 Å². The first-order valence-corrected chi connectivity index (χ1v) is 11.3. The molecule has 154 valence electrons. The van der Waals surface area contributed by atoms with E-state index in [4.69, 9.17) is 11.6 Å². The van der Waals surface area contributed by atoms with E-state index in [0.29, 0.717) is 5.02 Å². The first-order valence-electron chi connectivity index (χ1n) is 9.24. The fourth-order valence-corrected chi connectivity index (χ4v) is 4.54. The number of carbonyl (C=O) groups excluding carboxylic acids is 2. The minimum absolute atomic E-state index is 0.0995. The summed E-state index contributed by atoms with van der Waals surface area (Å²) >= 11 is 5.76. The average Bonchev–Trinajstić information content (AvgIpc) is 2.71. The number of benzene rings is 2. The van der Waals surface area contributed by atoms with Crippen LogP contribution in [0.5, 0.6) is 0 Å². The zero-order chi connectivity index (χ0) is 20.9. The molecule has 9 heteroatoms. The van der Waals surface area contributed by atoms with Gasteiger partial charge < -0.3 is 4.90 Å². The van der Waals surface area contributed by atoms with Crippen LogP contribution in [0.1, 0.15) is 18.4 Å². The fraction of sp³-hybridized carbons (Fsp3) is 0.300. The summed E-state index contributed by atoms with van der Waals surface area (Å²) < 4.78 is 24.5. The van der Waals surface area contributed by atoms with Gasteiger partial charge in [-0.15, -0.1) is 0 Å². The predicted octanol–water partition coefficient (Wildman–Crippen LogP) is 2.10. The lowest BCUT2D eigenvalue weighted by Crippen LogP contribution is -2.47. The molecule has 0 bridgehead atoms. The normalized spacial score (nSPS) is 13.5. The first kappa shape index (κ1) is 21.1. The number of halogens is 1.